The number of amides is 1. The van der Waals surface area contributed by atoms with Crippen LogP contribution in [0.15, 0.2) is 24.3 Å². The summed E-state index contributed by atoms with van der Waals surface area (Å²) >= 11 is 1.73. The van der Waals surface area contributed by atoms with Gasteiger partial charge in [0.25, 0.3) is 0 Å². The topological polar surface area (TPSA) is 32.8 Å². The highest BCUT2D eigenvalue weighted by molar-refractivity contribution is 8.00. The van der Waals surface area contributed by atoms with Crippen LogP contribution in [-0.2, 0) is 4.79 Å². The Kier molecular flexibility index (Phi) is 6.44. The van der Waals surface area contributed by atoms with E-state index in [4.69, 9.17) is 4.74 Å². The van der Waals surface area contributed by atoms with Crippen LogP contribution in [0.1, 0.15) is 43.5 Å². The number of hydrogen-bond donors (Lipinski definition) is 0. The smallest absolute Gasteiger partial charge is 0.233 e. The minimum atomic E-state index is 0.138. The molecule has 3 rings (SSSR count). The van der Waals surface area contributed by atoms with Gasteiger partial charge in [-0.1, -0.05) is 18.6 Å². The molecule has 1 atom stereocenters. The van der Waals surface area contributed by atoms with E-state index in [2.05, 4.69) is 21.9 Å². The van der Waals surface area contributed by atoms with Gasteiger partial charge in [0, 0.05) is 6.54 Å². The fourth-order valence-corrected chi connectivity index (χ4v) is 4.75. The number of benzene rings is 1. The lowest BCUT2D eigenvalue weighted by molar-refractivity contribution is -0.128. The van der Waals surface area contributed by atoms with E-state index in [9.17, 15) is 4.79 Å². The van der Waals surface area contributed by atoms with Crippen LogP contribution in [0.4, 0.5) is 0 Å². The van der Waals surface area contributed by atoms with Gasteiger partial charge in [-0.15, -0.1) is 11.8 Å². The molecule has 1 aromatic carbocycles. The number of carbonyl (C=O) groups excluding carboxylic acids is 1. The summed E-state index contributed by atoms with van der Waals surface area (Å²) in [7, 11) is 0. The van der Waals surface area contributed by atoms with E-state index in [0.717, 1.165) is 25.3 Å². The molecule has 0 radical (unpaired) electrons. The van der Waals surface area contributed by atoms with E-state index < -0.39 is 0 Å². The first-order valence-corrected chi connectivity index (χ1v) is 10.2. The Morgan fingerprint density at radius 1 is 1.21 bits per heavy atom. The van der Waals surface area contributed by atoms with Crippen molar-refractivity contribution in [2.75, 3.05) is 38.5 Å². The van der Waals surface area contributed by atoms with E-state index in [1.807, 2.05) is 19.1 Å². The van der Waals surface area contributed by atoms with Crippen LogP contribution in [0.5, 0.6) is 5.75 Å². The highest BCUT2D eigenvalue weighted by Gasteiger charge is 2.32. The lowest BCUT2D eigenvalue weighted by atomic mass is 10.1. The molecule has 2 aliphatic rings. The standard InChI is InChI=1S/C19H28N2O2S/c1-2-23-17-9-6-8-16(14-17)19-21(18(22)15-24-19)13-7-12-20-10-4-3-5-11-20/h6,8-9,14,19H,2-5,7,10-13,15H2,1H3. The Balaban J connectivity index is 1.58. The quantitative estimate of drug-likeness (QED) is 0.755. The normalized spacial score (nSPS) is 22.1. The zero-order valence-corrected chi connectivity index (χ0v) is 15.4. The van der Waals surface area contributed by atoms with Gasteiger partial charge >= 0.3 is 0 Å². The maximum Gasteiger partial charge on any atom is 0.233 e. The Morgan fingerprint density at radius 3 is 2.83 bits per heavy atom. The monoisotopic (exact) mass is 348 g/mol. The van der Waals surface area contributed by atoms with Gasteiger partial charge in [0.05, 0.1) is 12.4 Å². The number of thioether (sulfide) groups is 1. The molecule has 4 nitrogen and oxygen atoms in total. The molecule has 2 heterocycles. The average Bonchev–Trinajstić information content (AvgIpc) is 2.97. The lowest BCUT2D eigenvalue weighted by Gasteiger charge is -2.29. The predicted molar refractivity (Wildman–Crippen MR) is 99.4 cm³/mol. The van der Waals surface area contributed by atoms with Gasteiger partial charge in [0.2, 0.25) is 5.91 Å². The van der Waals surface area contributed by atoms with Gasteiger partial charge in [-0.3, -0.25) is 4.79 Å². The van der Waals surface area contributed by atoms with Crippen LogP contribution in [0, 0.1) is 0 Å². The van der Waals surface area contributed by atoms with Gasteiger partial charge < -0.3 is 14.5 Å². The van der Waals surface area contributed by atoms with Crippen molar-refractivity contribution in [1.82, 2.24) is 9.80 Å². The summed E-state index contributed by atoms with van der Waals surface area (Å²) in [6.45, 7) is 7.07. The van der Waals surface area contributed by atoms with Crippen LogP contribution in [0.2, 0.25) is 0 Å². The summed E-state index contributed by atoms with van der Waals surface area (Å²) in [4.78, 5) is 16.9. The Hall–Kier alpha value is -1.20. The van der Waals surface area contributed by atoms with Crippen molar-refractivity contribution in [2.45, 2.75) is 38.0 Å². The van der Waals surface area contributed by atoms with Crippen molar-refractivity contribution in [1.29, 1.82) is 0 Å². The molecule has 5 heteroatoms. The molecule has 0 spiro atoms. The second-order valence-electron chi connectivity index (χ2n) is 6.51. The SMILES string of the molecule is CCOc1cccc(C2SCC(=O)N2CCCN2CCCCC2)c1. The Labute approximate surface area is 149 Å². The molecule has 0 aliphatic carbocycles. The fraction of sp³-hybridized carbons (Fsp3) is 0.632. The lowest BCUT2D eigenvalue weighted by Crippen LogP contribution is -2.34. The van der Waals surface area contributed by atoms with Crippen molar-refractivity contribution < 1.29 is 9.53 Å². The van der Waals surface area contributed by atoms with Gasteiger partial charge in [-0.2, -0.15) is 0 Å². The summed E-state index contributed by atoms with van der Waals surface area (Å²) in [5, 5.41) is 0.138. The van der Waals surface area contributed by atoms with Gasteiger partial charge in [0.15, 0.2) is 0 Å². The van der Waals surface area contributed by atoms with E-state index >= 15 is 0 Å². The van der Waals surface area contributed by atoms with Crippen molar-refractivity contribution in [3.63, 3.8) is 0 Å². The van der Waals surface area contributed by atoms with Gasteiger partial charge in [0.1, 0.15) is 11.1 Å². The summed E-state index contributed by atoms with van der Waals surface area (Å²) in [5.41, 5.74) is 1.18. The first kappa shape index (κ1) is 17.6. The third-order valence-electron chi connectivity index (χ3n) is 4.74. The van der Waals surface area contributed by atoms with Gasteiger partial charge in [-0.05, 0) is 63.5 Å². The summed E-state index contributed by atoms with van der Waals surface area (Å²) in [5.74, 6) is 1.75. The zero-order valence-electron chi connectivity index (χ0n) is 14.6. The maximum atomic E-state index is 12.3. The minimum absolute atomic E-state index is 0.138. The number of rotatable bonds is 7. The first-order chi connectivity index (χ1) is 11.8. The second kappa shape index (κ2) is 8.77. The van der Waals surface area contributed by atoms with Gasteiger partial charge in [-0.25, -0.2) is 0 Å². The molecule has 0 saturated carbocycles. The summed E-state index contributed by atoms with van der Waals surface area (Å²) in [6, 6.07) is 8.19. The van der Waals surface area contributed by atoms with Crippen molar-refractivity contribution in [2.24, 2.45) is 0 Å². The molecule has 1 unspecified atom stereocenters. The summed E-state index contributed by atoms with van der Waals surface area (Å²) < 4.78 is 5.61. The molecule has 2 fully saturated rings. The molecule has 2 saturated heterocycles. The Morgan fingerprint density at radius 2 is 2.04 bits per heavy atom. The first-order valence-electron chi connectivity index (χ1n) is 9.14. The number of ether oxygens (including phenoxy) is 1. The minimum Gasteiger partial charge on any atom is -0.494 e. The largest absolute Gasteiger partial charge is 0.494 e. The third-order valence-corrected chi connectivity index (χ3v) is 6.00. The number of nitrogens with zero attached hydrogens (tertiary/aromatic N) is 2. The van der Waals surface area contributed by atoms with Crippen molar-refractivity contribution in [3.8, 4) is 5.75 Å². The molecule has 0 N–H and O–H groups in total. The molecule has 0 bridgehead atoms. The number of likely N-dealkylation sites (tertiary alicyclic amines) is 1. The number of hydrogen-bond acceptors (Lipinski definition) is 4. The molecule has 132 valence electrons. The van der Waals surface area contributed by atoms with E-state index in [0.29, 0.717) is 12.4 Å². The average molecular weight is 349 g/mol. The highest BCUT2D eigenvalue weighted by atomic mass is 32.2. The second-order valence-corrected chi connectivity index (χ2v) is 7.58. The molecule has 24 heavy (non-hydrogen) atoms. The molecular formula is C19H28N2O2S. The van der Waals surface area contributed by atoms with Crippen molar-refractivity contribution in [3.05, 3.63) is 29.8 Å². The summed E-state index contributed by atoms with van der Waals surface area (Å²) in [6.07, 6.45) is 5.08. The van der Waals surface area contributed by atoms with Crippen molar-refractivity contribution >= 4 is 17.7 Å². The zero-order chi connectivity index (χ0) is 16.8. The molecule has 2 aliphatic heterocycles. The molecule has 1 amide bonds. The van der Waals surface area contributed by atoms with Crippen LogP contribution < -0.4 is 4.74 Å². The van der Waals surface area contributed by atoms with Crippen LogP contribution in [0.25, 0.3) is 0 Å². The highest BCUT2D eigenvalue weighted by Crippen LogP contribution is 2.39. The number of carbonyl (C=O) groups is 1. The fourth-order valence-electron chi connectivity index (χ4n) is 3.54. The predicted octanol–water partition coefficient (Wildman–Crippen LogP) is 3.54. The van der Waals surface area contributed by atoms with E-state index in [-0.39, 0.29) is 11.3 Å². The van der Waals surface area contributed by atoms with E-state index in [1.54, 1.807) is 11.8 Å². The van der Waals surface area contributed by atoms with Crippen LogP contribution >= 0.6 is 11.8 Å². The molecular weight excluding hydrogens is 320 g/mol. The number of piperidine rings is 1. The van der Waals surface area contributed by atoms with Crippen LogP contribution in [0.3, 0.4) is 0 Å². The van der Waals surface area contributed by atoms with E-state index in [1.165, 1.54) is 37.9 Å². The van der Waals surface area contributed by atoms with Crippen LogP contribution in [-0.4, -0.2) is 54.2 Å². The Bertz CT molecular complexity index is 546. The molecule has 0 aromatic heterocycles. The third kappa shape index (κ3) is 4.45. The maximum absolute atomic E-state index is 12.3. The molecule has 1 aromatic rings.